The van der Waals surface area contributed by atoms with E-state index < -0.39 is 0 Å². The molecule has 2 rings (SSSR count). The molecule has 1 aromatic rings. The van der Waals surface area contributed by atoms with E-state index in [-0.39, 0.29) is 0 Å². The fourth-order valence-electron chi connectivity index (χ4n) is 1.39. The molecule has 0 N–H and O–H groups in total. The maximum absolute atomic E-state index is 3.94. The van der Waals surface area contributed by atoms with Gasteiger partial charge in [-0.15, -0.1) is 5.10 Å². The zero-order valence-electron chi connectivity index (χ0n) is 5.63. The van der Waals surface area contributed by atoms with E-state index in [9.17, 15) is 0 Å². The lowest BCUT2D eigenvalue weighted by Crippen LogP contribution is -2.23. The Balaban J connectivity index is 2.56. The molecule has 1 atom stereocenters. The van der Waals surface area contributed by atoms with Crippen molar-refractivity contribution in [1.82, 2.24) is 15.0 Å². The molecule has 9 heavy (non-hydrogen) atoms. The van der Waals surface area contributed by atoms with Gasteiger partial charge in [0.1, 0.15) is 0 Å². The quantitative estimate of drug-likeness (QED) is 0.508. The SMILES string of the molecule is Cc1nnn2c1C(C)C2. The molecular weight excluding hydrogens is 114 g/mol. The van der Waals surface area contributed by atoms with Gasteiger partial charge in [-0.3, -0.25) is 0 Å². The minimum Gasteiger partial charge on any atom is -0.248 e. The number of aromatic nitrogens is 3. The summed E-state index contributed by atoms with van der Waals surface area (Å²) in [6.07, 6.45) is 0. The van der Waals surface area contributed by atoms with Gasteiger partial charge in [0.2, 0.25) is 0 Å². The Morgan fingerprint density at radius 3 is 2.89 bits per heavy atom. The van der Waals surface area contributed by atoms with Gasteiger partial charge >= 0.3 is 0 Å². The van der Waals surface area contributed by atoms with E-state index in [0.29, 0.717) is 5.92 Å². The van der Waals surface area contributed by atoms with Crippen molar-refractivity contribution in [1.29, 1.82) is 0 Å². The highest BCUT2D eigenvalue weighted by molar-refractivity contribution is 5.18. The molecule has 48 valence electrons. The first-order valence-electron chi connectivity index (χ1n) is 3.19. The Morgan fingerprint density at radius 1 is 1.67 bits per heavy atom. The average molecular weight is 123 g/mol. The Kier molecular flexibility index (Phi) is 0.743. The van der Waals surface area contributed by atoms with Gasteiger partial charge in [0.15, 0.2) is 0 Å². The van der Waals surface area contributed by atoms with E-state index in [4.69, 9.17) is 0 Å². The third-order valence-electron chi connectivity index (χ3n) is 1.87. The molecule has 0 aliphatic carbocycles. The molecule has 0 amide bonds. The van der Waals surface area contributed by atoms with Crippen LogP contribution in [-0.2, 0) is 6.54 Å². The maximum Gasteiger partial charge on any atom is 0.0831 e. The van der Waals surface area contributed by atoms with Crippen LogP contribution in [-0.4, -0.2) is 15.0 Å². The van der Waals surface area contributed by atoms with Gasteiger partial charge < -0.3 is 0 Å². The van der Waals surface area contributed by atoms with Gasteiger partial charge in [-0.25, -0.2) is 4.68 Å². The highest BCUT2D eigenvalue weighted by atomic mass is 15.5. The number of aryl methyl sites for hydroxylation is 1. The zero-order valence-corrected chi connectivity index (χ0v) is 5.63. The summed E-state index contributed by atoms with van der Waals surface area (Å²) in [4.78, 5) is 0. The smallest absolute Gasteiger partial charge is 0.0831 e. The standard InChI is InChI=1S/C6H9N3/c1-4-3-9-6(4)5(2)7-8-9/h4H,3H2,1-2H3. The lowest BCUT2D eigenvalue weighted by molar-refractivity contribution is 0.404. The van der Waals surface area contributed by atoms with Gasteiger partial charge in [0.05, 0.1) is 17.9 Å². The highest BCUT2D eigenvalue weighted by Crippen LogP contribution is 2.27. The van der Waals surface area contributed by atoms with E-state index in [2.05, 4.69) is 17.2 Å². The van der Waals surface area contributed by atoms with E-state index in [1.165, 1.54) is 5.69 Å². The summed E-state index contributed by atoms with van der Waals surface area (Å²) in [6.45, 7) is 5.26. The Hall–Kier alpha value is -0.860. The minimum absolute atomic E-state index is 0.681. The second-order valence-electron chi connectivity index (χ2n) is 2.64. The van der Waals surface area contributed by atoms with Crippen LogP contribution in [0, 0.1) is 6.92 Å². The van der Waals surface area contributed by atoms with Gasteiger partial charge in [0, 0.05) is 5.92 Å². The van der Waals surface area contributed by atoms with Crippen molar-refractivity contribution in [3.05, 3.63) is 11.4 Å². The number of hydrogen-bond acceptors (Lipinski definition) is 2. The monoisotopic (exact) mass is 123 g/mol. The summed E-state index contributed by atoms with van der Waals surface area (Å²) in [6, 6.07) is 0. The van der Waals surface area contributed by atoms with Gasteiger partial charge in [0.25, 0.3) is 0 Å². The summed E-state index contributed by atoms with van der Waals surface area (Å²) in [5.74, 6) is 0.681. The molecule has 0 saturated carbocycles. The largest absolute Gasteiger partial charge is 0.248 e. The third-order valence-corrected chi connectivity index (χ3v) is 1.87. The first-order chi connectivity index (χ1) is 4.29. The lowest BCUT2D eigenvalue weighted by atomic mass is 10.0. The normalized spacial score (nSPS) is 23.1. The number of fused-ring (bicyclic) bond motifs is 1. The Labute approximate surface area is 53.7 Å². The molecule has 1 aromatic heterocycles. The van der Waals surface area contributed by atoms with Crippen molar-refractivity contribution in [2.75, 3.05) is 0 Å². The molecule has 0 fully saturated rings. The molecule has 0 saturated heterocycles. The van der Waals surface area contributed by atoms with Gasteiger partial charge in [-0.1, -0.05) is 12.1 Å². The van der Waals surface area contributed by atoms with Crippen LogP contribution >= 0.6 is 0 Å². The molecule has 3 nitrogen and oxygen atoms in total. The number of hydrogen-bond donors (Lipinski definition) is 0. The minimum atomic E-state index is 0.681. The van der Waals surface area contributed by atoms with Crippen molar-refractivity contribution in [2.45, 2.75) is 26.3 Å². The molecule has 1 aliphatic rings. The fraction of sp³-hybridized carbons (Fsp3) is 0.667. The molecule has 1 unspecified atom stereocenters. The van der Waals surface area contributed by atoms with Crippen molar-refractivity contribution in [2.24, 2.45) is 0 Å². The summed E-state index contributed by atoms with van der Waals surface area (Å²) in [5.41, 5.74) is 2.41. The fourth-order valence-corrected chi connectivity index (χ4v) is 1.39. The molecule has 3 heteroatoms. The van der Waals surface area contributed by atoms with Crippen molar-refractivity contribution in [3.8, 4) is 0 Å². The number of nitrogens with zero attached hydrogens (tertiary/aromatic N) is 3. The highest BCUT2D eigenvalue weighted by Gasteiger charge is 2.25. The third kappa shape index (κ3) is 0.465. The average Bonchev–Trinajstić information content (AvgIpc) is 2.04. The Morgan fingerprint density at radius 2 is 2.44 bits per heavy atom. The molecule has 2 heterocycles. The van der Waals surface area contributed by atoms with Crippen molar-refractivity contribution < 1.29 is 0 Å². The van der Waals surface area contributed by atoms with Crippen LogP contribution in [0.3, 0.4) is 0 Å². The predicted molar refractivity (Wildman–Crippen MR) is 33.2 cm³/mol. The molecule has 0 bridgehead atoms. The van der Waals surface area contributed by atoms with Gasteiger partial charge in [-0.05, 0) is 6.92 Å². The Bertz CT molecular complexity index is 225. The number of rotatable bonds is 0. The lowest BCUT2D eigenvalue weighted by Gasteiger charge is -2.23. The topological polar surface area (TPSA) is 30.7 Å². The second kappa shape index (κ2) is 1.35. The summed E-state index contributed by atoms with van der Waals surface area (Å²) in [5, 5.41) is 7.86. The first kappa shape index (κ1) is 4.97. The van der Waals surface area contributed by atoms with Crippen LogP contribution in [0.4, 0.5) is 0 Å². The predicted octanol–water partition coefficient (Wildman–Crippen LogP) is 0.704. The zero-order chi connectivity index (χ0) is 6.43. The molecular formula is C6H9N3. The second-order valence-corrected chi connectivity index (χ2v) is 2.64. The van der Waals surface area contributed by atoms with E-state index in [1.54, 1.807) is 0 Å². The van der Waals surface area contributed by atoms with Crippen LogP contribution in [0.15, 0.2) is 0 Å². The maximum atomic E-state index is 3.94. The summed E-state index contributed by atoms with van der Waals surface area (Å²) < 4.78 is 1.96. The molecule has 0 aromatic carbocycles. The van der Waals surface area contributed by atoms with E-state index in [1.807, 2.05) is 11.6 Å². The van der Waals surface area contributed by atoms with Crippen LogP contribution in [0.1, 0.15) is 24.2 Å². The summed E-state index contributed by atoms with van der Waals surface area (Å²) >= 11 is 0. The van der Waals surface area contributed by atoms with Gasteiger partial charge in [-0.2, -0.15) is 0 Å². The van der Waals surface area contributed by atoms with E-state index in [0.717, 1.165) is 12.2 Å². The first-order valence-corrected chi connectivity index (χ1v) is 3.19. The molecule has 0 radical (unpaired) electrons. The molecule has 1 aliphatic heterocycles. The van der Waals surface area contributed by atoms with Crippen molar-refractivity contribution in [3.63, 3.8) is 0 Å². The van der Waals surface area contributed by atoms with E-state index >= 15 is 0 Å². The van der Waals surface area contributed by atoms with Crippen LogP contribution in [0.2, 0.25) is 0 Å². The van der Waals surface area contributed by atoms with Crippen molar-refractivity contribution >= 4 is 0 Å². The van der Waals surface area contributed by atoms with Crippen LogP contribution in [0.5, 0.6) is 0 Å². The molecule has 0 spiro atoms. The summed E-state index contributed by atoms with van der Waals surface area (Å²) in [7, 11) is 0. The van der Waals surface area contributed by atoms with Crippen LogP contribution in [0.25, 0.3) is 0 Å². The van der Waals surface area contributed by atoms with Crippen LogP contribution < -0.4 is 0 Å².